The van der Waals surface area contributed by atoms with E-state index in [0.29, 0.717) is 0 Å². The van der Waals surface area contributed by atoms with Crippen molar-refractivity contribution in [3.8, 4) is 0 Å². The number of H-pyrrole nitrogens is 2. The Morgan fingerprint density at radius 1 is 1.44 bits per heavy atom. The van der Waals surface area contributed by atoms with E-state index in [1.807, 2.05) is 20.0 Å². The SMILES string of the molecule is Cc1n[nH]c(C)c1CNC(C)c1ncc[nH]1. The van der Waals surface area contributed by atoms with Gasteiger partial charge in [0.25, 0.3) is 0 Å². The number of hydrogen-bond donors (Lipinski definition) is 3. The minimum atomic E-state index is 0.212. The van der Waals surface area contributed by atoms with Crippen molar-refractivity contribution >= 4 is 0 Å². The number of rotatable bonds is 4. The molecular weight excluding hydrogens is 202 g/mol. The summed E-state index contributed by atoms with van der Waals surface area (Å²) < 4.78 is 0. The Bertz CT molecular complexity index is 423. The van der Waals surface area contributed by atoms with Crippen LogP contribution < -0.4 is 5.32 Å². The average molecular weight is 219 g/mol. The lowest BCUT2D eigenvalue weighted by Gasteiger charge is -2.11. The molecule has 0 aliphatic carbocycles. The lowest BCUT2D eigenvalue weighted by Crippen LogP contribution is -2.19. The molecule has 0 bridgehead atoms. The van der Waals surface area contributed by atoms with Crippen LogP contribution in [0.3, 0.4) is 0 Å². The van der Waals surface area contributed by atoms with E-state index in [-0.39, 0.29) is 6.04 Å². The van der Waals surface area contributed by atoms with E-state index in [1.54, 1.807) is 6.20 Å². The van der Waals surface area contributed by atoms with Crippen molar-refractivity contribution in [3.05, 3.63) is 35.2 Å². The standard InChI is InChI=1S/C11H17N5/c1-7-10(8(2)16-15-7)6-14-9(3)11-12-4-5-13-11/h4-5,9,14H,6H2,1-3H3,(H,12,13)(H,15,16). The maximum atomic E-state index is 4.22. The van der Waals surface area contributed by atoms with Crippen LogP contribution in [0.4, 0.5) is 0 Å². The number of aryl methyl sites for hydroxylation is 2. The zero-order valence-electron chi connectivity index (χ0n) is 9.83. The van der Waals surface area contributed by atoms with Gasteiger partial charge in [-0.25, -0.2) is 4.98 Å². The monoisotopic (exact) mass is 219 g/mol. The first-order chi connectivity index (χ1) is 7.68. The zero-order valence-corrected chi connectivity index (χ0v) is 9.83. The fraction of sp³-hybridized carbons (Fsp3) is 0.455. The summed E-state index contributed by atoms with van der Waals surface area (Å²) in [4.78, 5) is 7.32. The number of nitrogens with zero attached hydrogens (tertiary/aromatic N) is 2. The molecule has 5 nitrogen and oxygen atoms in total. The molecule has 5 heteroatoms. The fourth-order valence-electron chi connectivity index (χ4n) is 1.70. The van der Waals surface area contributed by atoms with Gasteiger partial charge in [-0.1, -0.05) is 0 Å². The van der Waals surface area contributed by atoms with Gasteiger partial charge in [0.2, 0.25) is 0 Å². The molecule has 16 heavy (non-hydrogen) atoms. The predicted molar refractivity (Wildman–Crippen MR) is 61.9 cm³/mol. The van der Waals surface area contributed by atoms with Gasteiger partial charge in [-0.15, -0.1) is 0 Å². The maximum absolute atomic E-state index is 4.22. The summed E-state index contributed by atoms with van der Waals surface area (Å²) in [6, 6.07) is 0.212. The first-order valence-corrected chi connectivity index (χ1v) is 5.41. The second kappa shape index (κ2) is 4.49. The van der Waals surface area contributed by atoms with Gasteiger partial charge in [-0.2, -0.15) is 5.10 Å². The van der Waals surface area contributed by atoms with Crippen LogP contribution in [0.25, 0.3) is 0 Å². The number of hydrogen-bond acceptors (Lipinski definition) is 3. The third-order valence-corrected chi connectivity index (χ3v) is 2.80. The van der Waals surface area contributed by atoms with Crippen LogP contribution in [-0.4, -0.2) is 20.2 Å². The highest BCUT2D eigenvalue weighted by atomic mass is 15.1. The Balaban J connectivity index is 1.98. The molecule has 2 aromatic heterocycles. The first-order valence-electron chi connectivity index (χ1n) is 5.41. The van der Waals surface area contributed by atoms with Crippen LogP contribution in [0.5, 0.6) is 0 Å². The summed E-state index contributed by atoms with van der Waals surface area (Å²) in [5.74, 6) is 0.957. The highest BCUT2D eigenvalue weighted by Crippen LogP contribution is 2.12. The molecule has 0 spiro atoms. The van der Waals surface area contributed by atoms with Gasteiger partial charge in [0.1, 0.15) is 5.82 Å². The van der Waals surface area contributed by atoms with E-state index in [1.165, 1.54) is 5.56 Å². The summed E-state index contributed by atoms with van der Waals surface area (Å²) in [5, 5.41) is 10.6. The molecule has 3 N–H and O–H groups in total. The van der Waals surface area contributed by atoms with Gasteiger partial charge in [0, 0.05) is 30.2 Å². The van der Waals surface area contributed by atoms with E-state index in [2.05, 4.69) is 32.4 Å². The Morgan fingerprint density at radius 2 is 2.25 bits per heavy atom. The molecule has 0 aliphatic heterocycles. The number of imidazole rings is 1. The van der Waals surface area contributed by atoms with Crippen molar-refractivity contribution in [1.82, 2.24) is 25.5 Å². The van der Waals surface area contributed by atoms with Crippen LogP contribution in [0, 0.1) is 13.8 Å². The fourth-order valence-corrected chi connectivity index (χ4v) is 1.70. The molecular formula is C11H17N5. The molecule has 0 saturated heterocycles. The highest BCUT2D eigenvalue weighted by molar-refractivity contribution is 5.22. The number of aromatic amines is 2. The summed E-state index contributed by atoms with van der Waals surface area (Å²) in [6.07, 6.45) is 3.60. The minimum Gasteiger partial charge on any atom is -0.347 e. The summed E-state index contributed by atoms with van der Waals surface area (Å²) >= 11 is 0. The van der Waals surface area contributed by atoms with Crippen molar-refractivity contribution in [2.24, 2.45) is 0 Å². The smallest absolute Gasteiger partial charge is 0.122 e. The van der Waals surface area contributed by atoms with Crippen LogP contribution in [0.1, 0.15) is 35.7 Å². The zero-order chi connectivity index (χ0) is 11.5. The van der Waals surface area contributed by atoms with E-state index < -0.39 is 0 Å². The van der Waals surface area contributed by atoms with E-state index >= 15 is 0 Å². The third kappa shape index (κ3) is 2.14. The first kappa shape index (κ1) is 10.9. The Labute approximate surface area is 94.7 Å². The highest BCUT2D eigenvalue weighted by Gasteiger charge is 2.10. The predicted octanol–water partition coefficient (Wildman–Crippen LogP) is 1.60. The molecule has 2 heterocycles. The summed E-state index contributed by atoms with van der Waals surface area (Å²) in [5.41, 5.74) is 3.41. The molecule has 0 radical (unpaired) electrons. The van der Waals surface area contributed by atoms with E-state index in [0.717, 1.165) is 23.8 Å². The molecule has 2 rings (SSSR count). The van der Waals surface area contributed by atoms with Gasteiger partial charge < -0.3 is 10.3 Å². The molecule has 0 aliphatic rings. The number of nitrogens with one attached hydrogen (secondary N) is 3. The molecule has 86 valence electrons. The van der Waals surface area contributed by atoms with Crippen molar-refractivity contribution < 1.29 is 0 Å². The average Bonchev–Trinajstić information content (AvgIpc) is 2.87. The Morgan fingerprint density at radius 3 is 2.81 bits per heavy atom. The van der Waals surface area contributed by atoms with Gasteiger partial charge in [0.15, 0.2) is 0 Å². The molecule has 2 aromatic rings. The second-order valence-corrected chi connectivity index (χ2v) is 3.99. The molecule has 0 fully saturated rings. The Hall–Kier alpha value is -1.62. The largest absolute Gasteiger partial charge is 0.347 e. The van der Waals surface area contributed by atoms with Gasteiger partial charge in [-0.05, 0) is 20.8 Å². The van der Waals surface area contributed by atoms with Crippen LogP contribution >= 0.6 is 0 Å². The van der Waals surface area contributed by atoms with Gasteiger partial charge in [0.05, 0.1) is 11.7 Å². The molecule has 0 aromatic carbocycles. The van der Waals surface area contributed by atoms with Gasteiger partial charge in [-0.3, -0.25) is 5.10 Å². The topological polar surface area (TPSA) is 69.4 Å². The normalized spacial score (nSPS) is 12.9. The quantitative estimate of drug-likeness (QED) is 0.731. The van der Waals surface area contributed by atoms with Crippen molar-refractivity contribution in [1.29, 1.82) is 0 Å². The van der Waals surface area contributed by atoms with Crippen LogP contribution in [-0.2, 0) is 6.54 Å². The molecule has 0 saturated carbocycles. The van der Waals surface area contributed by atoms with Crippen molar-refractivity contribution in [2.45, 2.75) is 33.4 Å². The van der Waals surface area contributed by atoms with Crippen LogP contribution in [0.15, 0.2) is 12.4 Å². The summed E-state index contributed by atoms with van der Waals surface area (Å²) in [6.45, 7) is 6.94. The van der Waals surface area contributed by atoms with Gasteiger partial charge >= 0.3 is 0 Å². The number of aromatic nitrogens is 4. The molecule has 0 amide bonds. The molecule has 1 unspecified atom stereocenters. The van der Waals surface area contributed by atoms with E-state index in [9.17, 15) is 0 Å². The third-order valence-electron chi connectivity index (χ3n) is 2.80. The maximum Gasteiger partial charge on any atom is 0.122 e. The molecule has 1 atom stereocenters. The Kier molecular flexibility index (Phi) is 3.05. The minimum absolute atomic E-state index is 0.212. The lowest BCUT2D eigenvalue weighted by atomic mass is 10.2. The van der Waals surface area contributed by atoms with Crippen LogP contribution in [0.2, 0.25) is 0 Å². The lowest BCUT2D eigenvalue weighted by molar-refractivity contribution is 0.549. The summed E-state index contributed by atoms with van der Waals surface area (Å²) in [7, 11) is 0. The van der Waals surface area contributed by atoms with E-state index in [4.69, 9.17) is 0 Å². The van der Waals surface area contributed by atoms with Crippen molar-refractivity contribution in [3.63, 3.8) is 0 Å². The van der Waals surface area contributed by atoms with Crippen molar-refractivity contribution in [2.75, 3.05) is 0 Å². The second-order valence-electron chi connectivity index (χ2n) is 3.99.